The SMILES string of the molecule is c1cc(-c2ccc3c(ccc4ccccc43)c2)cc(N(c2ccc(-c3ccc(-c4ccc(-n5c6ccccc6c6ccccc65)cc4)cc3)cc2)c2cccc(-c3cccc4oc5ccccc5c34)c2)c1. The maximum Gasteiger partial charge on any atom is 0.136 e. The molecule has 12 aromatic carbocycles. The zero-order valence-corrected chi connectivity index (χ0v) is 38.7. The van der Waals surface area contributed by atoms with E-state index >= 15 is 0 Å². The van der Waals surface area contributed by atoms with Crippen LogP contribution >= 0.6 is 0 Å². The summed E-state index contributed by atoms with van der Waals surface area (Å²) in [6.45, 7) is 0. The molecular weight excluding hydrogens is 861 g/mol. The van der Waals surface area contributed by atoms with E-state index in [0.29, 0.717) is 0 Å². The molecule has 0 aliphatic rings. The van der Waals surface area contributed by atoms with Crippen LogP contribution < -0.4 is 4.90 Å². The lowest BCUT2D eigenvalue weighted by Gasteiger charge is -2.27. The van der Waals surface area contributed by atoms with Crippen LogP contribution in [-0.4, -0.2) is 4.57 Å². The highest BCUT2D eigenvalue weighted by atomic mass is 16.3. The summed E-state index contributed by atoms with van der Waals surface area (Å²) in [6.07, 6.45) is 0. The minimum absolute atomic E-state index is 0.888. The number of hydrogen-bond acceptors (Lipinski definition) is 2. The van der Waals surface area contributed by atoms with Crippen molar-refractivity contribution in [3.05, 3.63) is 267 Å². The van der Waals surface area contributed by atoms with Crippen LogP contribution in [0.2, 0.25) is 0 Å². The number of hydrogen-bond donors (Lipinski definition) is 0. The third-order valence-corrected chi connectivity index (χ3v) is 14.4. The summed E-state index contributed by atoms with van der Waals surface area (Å²) in [5.41, 5.74) is 17.9. The third-order valence-electron chi connectivity index (χ3n) is 14.4. The monoisotopic (exact) mass is 904 g/mol. The maximum absolute atomic E-state index is 6.34. The van der Waals surface area contributed by atoms with Gasteiger partial charge in [0.25, 0.3) is 0 Å². The summed E-state index contributed by atoms with van der Waals surface area (Å²) in [5.74, 6) is 0. The number of furan rings is 1. The van der Waals surface area contributed by atoms with E-state index in [1.165, 1.54) is 65.6 Å². The standard InChI is InChI=1S/C68H44N2O/c1-2-17-58-49(12-1)30-31-53-42-51(36-41-59(53)58)50-13-9-15-56(43-50)69(57-16-10-14-52(44-57)60-21-11-25-67-68(60)63-20-5-8-24-66(63)71-67)54-37-32-47(33-38-54)45-26-28-46(29-27-45)48-34-39-55(40-35-48)70-64-22-6-3-18-61(64)62-19-4-7-23-65(62)70/h1-44H. The first-order chi connectivity index (χ1) is 35.2. The molecule has 0 N–H and O–H groups in total. The molecule has 0 amide bonds. The second kappa shape index (κ2) is 16.7. The molecule has 0 bridgehead atoms. The van der Waals surface area contributed by atoms with Crippen LogP contribution in [-0.2, 0) is 0 Å². The fraction of sp³-hybridized carbons (Fsp3) is 0. The van der Waals surface area contributed by atoms with E-state index in [9.17, 15) is 0 Å². The van der Waals surface area contributed by atoms with Crippen LogP contribution in [0.3, 0.4) is 0 Å². The van der Waals surface area contributed by atoms with Gasteiger partial charge < -0.3 is 13.9 Å². The zero-order valence-electron chi connectivity index (χ0n) is 38.7. The molecule has 2 heterocycles. The lowest BCUT2D eigenvalue weighted by molar-refractivity contribution is 0.669. The molecule has 0 radical (unpaired) electrons. The first kappa shape index (κ1) is 40.6. The summed E-state index contributed by atoms with van der Waals surface area (Å²) >= 11 is 0. The molecule has 0 unspecified atom stereocenters. The topological polar surface area (TPSA) is 21.3 Å². The van der Waals surface area contributed by atoms with Crippen molar-refractivity contribution in [2.75, 3.05) is 4.90 Å². The van der Waals surface area contributed by atoms with E-state index in [-0.39, 0.29) is 0 Å². The molecule has 0 fully saturated rings. The summed E-state index contributed by atoms with van der Waals surface area (Å²) in [4.78, 5) is 2.38. The number of para-hydroxylation sites is 3. The van der Waals surface area contributed by atoms with E-state index < -0.39 is 0 Å². The minimum Gasteiger partial charge on any atom is -0.456 e. The highest BCUT2D eigenvalue weighted by Gasteiger charge is 2.18. The Hall–Kier alpha value is -9.44. The first-order valence-electron chi connectivity index (χ1n) is 24.3. The van der Waals surface area contributed by atoms with Gasteiger partial charge in [-0.2, -0.15) is 0 Å². The Morgan fingerprint density at radius 2 is 0.775 bits per heavy atom. The summed E-state index contributed by atoms with van der Waals surface area (Å²) in [5, 5.41) is 9.81. The number of aromatic nitrogens is 1. The number of rotatable bonds is 8. The van der Waals surface area contributed by atoms with Gasteiger partial charge >= 0.3 is 0 Å². The average Bonchev–Trinajstić information content (AvgIpc) is 4.00. The van der Waals surface area contributed by atoms with Gasteiger partial charge in [0.1, 0.15) is 11.2 Å². The molecule has 0 aliphatic carbocycles. The Labute approximate surface area is 411 Å². The van der Waals surface area contributed by atoms with Crippen molar-refractivity contribution in [1.82, 2.24) is 4.57 Å². The molecule has 0 atom stereocenters. The van der Waals surface area contributed by atoms with Crippen LogP contribution in [0.15, 0.2) is 271 Å². The van der Waals surface area contributed by atoms with E-state index in [1.807, 2.05) is 12.1 Å². The van der Waals surface area contributed by atoms with Gasteiger partial charge in [-0.1, -0.05) is 188 Å². The molecule has 0 saturated heterocycles. The minimum atomic E-state index is 0.888. The highest BCUT2D eigenvalue weighted by molar-refractivity contribution is 6.13. The van der Waals surface area contributed by atoms with Gasteiger partial charge in [-0.3, -0.25) is 0 Å². The first-order valence-corrected chi connectivity index (χ1v) is 24.3. The second-order valence-corrected chi connectivity index (χ2v) is 18.5. The molecule has 2 aromatic heterocycles. The van der Waals surface area contributed by atoms with Crippen molar-refractivity contribution in [3.63, 3.8) is 0 Å². The van der Waals surface area contributed by atoms with E-state index in [0.717, 1.165) is 66.9 Å². The van der Waals surface area contributed by atoms with Crippen LogP contribution in [0.5, 0.6) is 0 Å². The van der Waals surface area contributed by atoms with Crippen LogP contribution in [0.1, 0.15) is 0 Å². The van der Waals surface area contributed by atoms with Gasteiger partial charge in [-0.05, 0) is 145 Å². The van der Waals surface area contributed by atoms with Crippen molar-refractivity contribution in [2.24, 2.45) is 0 Å². The molecule has 3 nitrogen and oxygen atoms in total. The Kier molecular flexibility index (Phi) is 9.53. The van der Waals surface area contributed by atoms with Gasteiger partial charge in [0.2, 0.25) is 0 Å². The molecule has 0 spiro atoms. The van der Waals surface area contributed by atoms with Crippen LogP contribution in [0.25, 0.3) is 115 Å². The van der Waals surface area contributed by atoms with Crippen molar-refractivity contribution in [3.8, 4) is 50.2 Å². The molecule has 0 aliphatic heterocycles. The number of nitrogens with zero attached hydrogens (tertiary/aromatic N) is 2. The lowest BCUT2D eigenvalue weighted by atomic mass is 9.96. The number of fused-ring (bicyclic) bond motifs is 9. The van der Waals surface area contributed by atoms with Gasteiger partial charge in [0.15, 0.2) is 0 Å². The third kappa shape index (κ3) is 6.97. The fourth-order valence-electron chi connectivity index (χ4n) is 11.0. The molecule has 14 aromatic rings. The summed E-state index contributed by atoms with van der Waals surface area (Å²) in [7, 11) is 0. The van der Waals surface area contributed by atoms with Gasteiger partial charge in [0.05, 0.1) is 11.0 Å². The molecule has 332 valence electrons. The molecule has 3 heteroatoms. The van der Waals surface area contributed by atoms with E-state index in [2.05, 4.69) is 264 Å². The maximum atomic E-state index is 6.34. The van der Waals surface area contributed by atoms with E-state index in [4.69, 9.17) is 4.42 Å². The number of benzene rings is 12. The quantitative estimate of drug-likeness (QED) is 0.142. The predicted molar refractivity (Wildman–Crippen MR) is 299 cm³/mol. The fourth-order valence-corrected chi connectivity index (χ4v) is 11.0. The predicted octanol–water partition coefficient (Wildman–Crippen LogP) is 19.1. The van der Waals surface area contributed by atoms with Crippen LogP contribution in [0.4, 0.5) is 17.1 Å². The van der Waals surface area contributed by atoms with Gasteiger partial charge in [-0.15, -0.1) is 0 Å². The molecule has 0 saturated carbocycles. The number of anilines is 3. The lowest BCUT2D eigenvalue weighted by Crippen LogP contribution is -2.10. The van der Waals surface area contributed by atoms with Gasteiger partial charge in [0, 0.05) is 44.3 Å². The Morgan fingerprint density at radius 1 is 0.282 bits per heavy atom. The van der Waals surface area contributed by atoms with Gasteiger partial charge in [-0.25, -0.2) is 0 Å². The molecule has 14 rings (SSSR count). The normalized spacial score (nSPS) is 11.7. The summed E-state index contributed by atoms with van der Waals surface area (Å²) < 4.78 is 8.71. The van der Waals surface area contributed by atoms with Crippen molar-refractivity contribution in [2.45, 2.75) is 0 Å². The Bertz CT molecular complexity index is 4280. The Balaban J connectivity index is 0.815. The second-order valence-electron chi connectivity index (χ2n) is 18.5. The van der Waals surface area contributed by atoms with Crippen LogP contribution in [0, 0.1) is 0 Å². The summed E-state index contributed by atoms with van der Waals surface area (Å²) in [6, 6.07) is 96.7. The highest BCUT2D eigenvalue weighted by Crippen LogP contribution is 2.43. The molecule has 71 heavy (non-hydrogen) atoms. The van der Waals surface area contributed by atoms with Crippen molar-refractivity contribution in [1.29, 1.82) is 0 Å². The zero-order chi connectivity index (χ0) is 46.8. The van der Waals surface area contributed by atoms with Crippen molar-refractivity contribution >= 4 is 82.4 Å². The average molecular weight is 905 g/mol. The molecular formula is C68H44N2O. The van der Waals surface area contributed by atoms with Crippen molar-refractivity contribution < 1.29 is 4.42 Å². The van der Waals surface area contributed by atoms with E-state index in [1.54, 1.807) is 0 Å². The Morgan fingerprint density at radius 3 is 1.48 bits per heavy atom. The smallest absolute Gasteiger partial charge is 0.136 e. The largest absolute Gasteiger partial charge is 0.456 e.